The summed E-state index contributed by atoms with van der Waals surface area (Å²) in [6, 6.07) is 0. The first-order chi connectivity index (χ1) is 9.19. The van der Waals surface area contributed by atoms with E-state index in [2.05, 4.69) is 32.3 Å². The monoisotopic (exact) mass is 283 g/mol. The largest absolute Gasteiger partial charge is 0.344 e. The lowest BCUT2D eigenvalue weighted by Crippen LogP contribution is -2.13. The van der Waals surface area contributed by atoms with Crippen molar-refractivity contribution in [1.29, 1.82) is 0 Å². The van der Waals surface area contributed by atoms with Crippen LogP contribution in [0.15, 0.2) is 4.52 Å². The van der Waals surface area contributed by atoms with E-state index in [0.717, 1.165) is 30.8 Å². The quantitative estimate of drug-likeness (QED) is 0.815. The lowest BCUT2D eigenvalue weighted by molar-refractivity contribution is 0.364. The third-order valence-corrected chi connectivity index (χ3v) is 3.00. The van der Waals surface area contributed by atoms with Gasteiger partial charge in [-0.3, -0.25) is 0 Å². The highest BCUT2D eigenvalue weighted by Gasteiger charge is 2.08. The molecular weight excluding hydrogens is 266 g/mol. The number of hydrogen-bond donors (Lipinski definition) is 2. The molecule has 2 heterocycles. The highest BCUT2D eigenvalue weighted by molar-refractivity contribution is 6.30. The highest BCUT2D eigenvalue weighted by Crippen LogP contribution is 2.14. The van der Waals surface area contributed by atoms with E-state index < -0.39 is 0 Å². The molecule has 19 heavy (non-hydrogen) atoms. The Balaban J connectivity index is 1.83. The lowest BCUT2D eigenvalue weighted by Gasteiger charge is -1.99. The molecule has 0 fully saturated rings. The van der Waals surface area contributed by atoms with Gasteiger partial charge in [-0.05, 0) is 13.3 Å². The van der Waals surface area contributed by atoms with Crippen molar-refractivity contribution in [3.63, 3.8) is 0 Å². The van der Waals surface area contributed by atoms with Crippen LogP contribution in [-0.4, -0.2) is 20.1 Å². The molecule has 0 amide bonds. The Labute approximate surface area is 117 Å². The van der Waals surface area contributed by atoms with Crippen molar-refractivity contribution >= 4 is 11.6 Å². The van der Waals surface area contributed by atoms with E-state index in [4.69, 9.17) is 16.1 Å². The summed E-state index contributed by atoms with van der Waals surface area (Å²) in [7, 11) is 0. The van der Waals surface area contributed by atoms with Crippen LogP contribution in [0.5, 0.6) is 0 Å². The summed E-state index contributed by atoms with van der Waals surface area (Å²) in [5, 5.41) is 7.44. The van der Waals surface area contributed by atoms with Crippen molar-refractivity contribution in [3.8, 4) is 0 Å². The second-order valence-corrected chi connectivity index (χ2v) is 4.75. The minimum Gasteiger partial charge on any atom is -0.344 e. The van der Waals surface area contributed by atoms with Gasteiger partial charge >= 0.3 is 0 Å². The molecule has 7 heteroatoms. The molecule has 0 radical (unpaired) electrons. The van der Waals surface area contributed by atoms with Gasteiger partial charge in [0.15, 0.2) is 11.0 Å². The molecule has 2 N–H and O–H groups in total. The van der Waals surface area contributed by atoms with Crippen molar-refractivity contribution in [3.05, 3.63) is 28.4 Å². The van der Waals surface area contributed by atoms with E-state index in [9.17, 15) is 0 Å². The number of aromatic nitrogens is 4. The lowest BCUT2D eigenvalue weighted by atomic mass is 10.2. The Morgan fingerprint density at radius 1 is 1.32 bits per heavy atom. The minimum absolute atomic E-state index is 0.514. The Hall–Kier alpha value is -1.40. The number of nitrogens with zero attached hydrogens (tertiary/aromatic N) is 3. The van der Waals surface area contributed by atoms with Gasteiger partial charge in [-0.15, -0.1) is 0 Å². The van der Waals surface area contributed by atoms with E-state index in [1.54, 1.807) is 6.92 Å². The SMILES string of the molecule is CCCCc1nc(Cl)c(CNCc2nc(C)no2)[nH]1. The van der Waals surface area contributed by atoms with Crippen LogP contribution in [0.4, 0.5) is 0 Å². The topological polar surface area (TPSA) is 79.6 Å². The zero-order chi connectivity index (χ0) is 13.7. The zero-order valence-corrected chi connectivity index (χ0v) is 11.9. The summed E-state index contributed by atoms with van der Waals surface area (Å²) in [4.78, 5) is 11.6. The smallest absolute Gasteiger partial charge is 0.240 e. The van der Waals surface area contributed by atoms with E-state index in [-0.39, 0.29) is 0 Å². The zero-order valence-electron chi connectivity index (χ0n) is 11.2. The van der Waals surface area contributed by atoms with Crippen LogP contribution in [-0.2, 0) is 19.5 Å². The van der Waals surface area contributed by atoms with Gasteiger partial charge in [-0.1, -0.05) is 30.1 Å². The molecule has 0 saturated heterocycles. The van der Waals surface area contributed by atoms with E-state index in [1.807, 2.05) is 0 Å². The fourth-order valence-corrected chi connectivity index (χ4v) is 1.94. The molecule has 0 bridgehead atoms. The molecule has 2 aromatic rings. The second-order valence-electron chi connectivity index (χ2n) is 4.40. The maximum atomic E-state index is 6.08. The van der Waals surface area contributed by atoms with E-state index in [1.165, 1.54) is 0 Å². The Bertz CT molecular complexity index is 522. The first-order valence-electron chi connectivity index (χ1n) is 6.42. The number of hydrogen-bond acceptors (Lipinski definition) is 5. The van der Waals surface area contributed by atoms with Crippen molar-refractivity contribution in [2.45, 2.75) is 46.2 Å². The van der Waals surface area contributed by atoms with Crippen LogP contribution < -0.4 is 5.32 Å². The molecular formula is C12H18ClN5O. The molecule has 2 rings (SSSR count). The molecule has 0 aliphatic carbocycles. The van der Waals surface area contributed by atoms with Gasteiger partial charge in [0.1, 0.15) is 5.82 Å². The number of aromatic amines is 1. The number of H-pyrrole nitrogens is 1. The van der Waals surface area contributed by atoms with Crippen molar-refractivity contribution < 1.29 is 4.52 Å². The summed E-state index contributed by atoms with van der Waals surface area (Å²) in [5.74, 6) is 2.15. The average Bonchev–Trinajstić information content (AvgIpc) is 2.94. The highest BCUT2D eigenvalue weighted by atomic mass is 35.5. The Kier molecular flexibility index (Phi) is 4.93. The molecule has 0 spiro atoms. The maximum Gasteiger partial charge on any atom is 0.240 e. The van der Waals surface area contributed by atoms with E-state index >= 15 is 0 Å². The molecule has 6 nitrogen and oxygen atoms in total. The first kappa shape index (κ1) is 14.0. The van der Waals surface area contributed by atoms with Crippen molar-refractivity contribution in [1.82, 2.24) is 25.4 Å². The molecule has 2 aromatic heterocycles. The summed E-state index contributed by atoms with van der Waals surface area (Å²) in [5.41, 5.74) is 0.893. The predicted octanol–water partition coefficient (Wildman–Crippen LogP) is 2.39. The third kappa shape index (κ3) is 4.04. The van der Waals surface area contributed by atoms with Gasteiger partial charge in [0.2, 0.25) is 5.89 Å². The van der Waals surface area contributed by atoms with Gasteiger partial charge in [-0.25, -0.2) is 4.98 Å². The molecule has 0 atom stereocenters. The van der Waals surface area contributed by atoms with E-state index in [0.29, 0.717) is 30.0 Å². The van der Waals surface area contributed by atoms with Gasteiger partial charge < -0.3 is 14.8 Å². The summed E-state index contributed by atoms with van der Waals surface area (Å²) >= 11 is 6.08. The summed E-state index contributed by atoms with van der Waals surface area (Å²) < 4.78 is 5.01. The predicted molar refractivity (Wildman–Crippen MR) is 71.8 cm³/mol. The van der Waals surface area contributed by atoms with Crippen LogP contribution in [0, 0.1) is 6.92 Å². The van der Waals surface area contributed by atoms with Gasteiger partial charge in [-0.2, -0.15) is 4.98 Å². The number of unbranched alkanes of at least 4 members (excludes halogenated alkanes) is 1. The molecule has 0 aliphatic rings. The minimum atomic E-state index is 0.514. The molecule has 104 valence electrons. The molecule has 0 aliphatic heterocycles. The summed E-state index contributed by atoms with van der Waals surface area (Å²) in [6.07, 6.45) is 3.18. The number of imidazole rings is 1. The fraction of sp³-hybridized carbons (Fsp3) is 0.583. The van der Waals surface area contributed by atoms with Crippen LogP contribution in [0.2, 0.25) is 5.15 Å². The molecule has 0 unspecified atom stereocenters. The number of nitrogens with one attached hydrogen (secondary N) is 2. The fourth-order valence-electron chi connectivity index (χ4n) is 1.73. The number of halogens is 1. The third-order valence-electron chi connectivity index (χ3n) is 2.69. The van der Waals surface area contributed by atoms with Crippen molar-refractivity contribution in [2.24, 2.45) is 0 Å². The number of aryl methyl sites for hydroxylation is 2. The summed E-state index contributed by atoms with van der Waals surface area (Å²) in [6.45, 7) is 5.05. The first-order valence-corrected chi connectivity index (χ1v) is 6.80. The maximum absolute atomic E-state index is 6.08. The Morgan fingerprint density at radius 2 is 2.16 bits per heavy atom. The Morgan fingerprint density at radius 3 is 2.84 bits per heavy atom. The normalized spacial score (nSPS) is 11.1. The standard InChI is InChI=1S/C12H18ClN5O/c1-3-4-5-10-16-9(12(13)17-10)6-14-7-11-15-8(2)18-19-11/h14H,3-7H2,1-2H3,(H,16,17). The molecule has 0 aromatic carbocycles. The number of rotatable bonds is 7. The van der Waals surface area contributed by atoms with Gasteiger partial charge in [0, 0.05) is 13.0 Å². The van der Waals surface area contributed by atoms with Crippen molar-refractivity contribution in [2.75, 3.05) is 0 Å². The average molecular weight is 284 g/mol. The van der Waals surface area contributed by atoms with Gasteiger partial charge in [0.25, 0.3) is 0 Å². The van der Waals surface area contributed by atoms with Crippen LogP contribution in [0.3, 0.4) is 0 Å². The van der Waals surface area contributed by atoms with Crippen LogP contribution >= 0.6 is 11.6 Å². The second kappa shape index (κ2) is 6.68. The van der Waals surface area contributed by atoms with Crippen LogP contribution in [0.1, 0.15) is 43.0 Å². The van der Waals surface area contributed by atoms with Gasteiger partial charge in [0.05, 0.1) is 12.2 Å². The van der Waals surface area contributed by atoms with Crippen LogP contribution in [0.25, 0.3) is 0 Å². The molecule has 0 saturated carbocycles.